The molecule has 0 spiro atoms. The van der Waals surface area contributed by atoms with Crippen molar-refractivity contribution >= 4 is 23.4 Å². The summed E-state index contributed by atoms with van der Waals surface area (Å²) in [6.07, 6.45) is -4.92. The fraction of sp³-hybridized carbons (Fsp3) is 0.273. The second-order valence-corrected chi connectivity index (χ2v) is 3.96. The molecule has 0 aliphatic rings. The Morgan fingerprint density at radius 2 is 1.79 bits per heavy atom. The van der Waals surface area contributed by atoms with Gasteiger partial charge in [-0.25, -0.2) is 0 Å². The maximum Gasteiger partial charge on any atom is 0.471 e. The predicted molar refractivity (Wildman–Crippen MR) is 62.8 cm³/mol. The lowest BCUT2D eigenvalue weighted by molar-refractivity contribution is -0.173. The molecule has 0 saturated heterocycles. The molecule has 4 nitrogen and oxygen atoms in total. The third-order valence-corrected chi connectivity index (χ3v) is 2.28. The van der Waals surface area contributed by atoms with E-state index in [1.807, 2.05) is 0 Å². The van der Waals surface area contributed by atoms with Gasteiger partial charge in [0.15, 0.2) is 0 Å². The van der Waals surface area contributed by atoms with Crippen molar-refractivity contribution in [2.24, 2.45) is 0 Å². The van der Waals surface area contributed by atoms with Crippen LogP contribution in [0.1, 0.15) is 10.4 Å². The first-order valence-electron chi connectivity index (χ1n) is 5.19. The molecule has 1 aromatic rings. The van der Waals surface area contributed by atoms with Gasteiger partial charge in [-0.15, -0.1) is 0 Å². The summed E-state index contributed by atoms with van der Waals surface area (Å²) in [5.74, 6) is -2.52. The molecule has 0 heterocycles. The Morgan fingerprint density at radius 3 is 2.37 bits per heavy atom. The minimum absolute atomic E-state index is 0.118. The zero-order valence-corrected chi connectivity index (χ0v) is 10.3. The van der Waals surface area contributed by atoms with Gasteiger partial charge in [0.2, 0.25) is 0 Å². The van der Waals surface area contributed by atoms with E-state index >= 15 is 0 Å². The molecule has 0 aliphatic heterocycles. The van der Waals surface area contributed by atoms with Crippen LogP contribution in [-0.2, 0) is 4.79 Å². The number of amides is 2. The zero-order valence-electron chi connectivity index (χ0n) is 9.55. The molecule has 0 bridgehead atoms. The Labute approximate surface area is 111 Å². The van der Waals surface area contributed by atoms with Crippen molar-refractivity contribution in [3.05, 3.63) is 34.9 Å². The van der Waals surface area contributed by atoms with Gasteiger partial charge in [-0.3, -0.25) is 9.59 Å². The average Bonchev–Trinajstić information content (AvgIpc) is 2.32. The normalized spacial score (nSPS) is 10.9. The minimum atomic E-state index is -4.92. The number of alkyl halides is 3. The summed E-state index contributed by atoms with van der Waals surface area (Å²) >= 11 is 5.68. The van der Waals surface area contributed by atoms with Crippen LogP contribution in [0.4, 0.5) is 13.2 Å². The first kappa shape index (κ1) is 15.3. The molecule has 8 heteroatoms. The smallest absolute Gasteiger partial charge is 0.350 e. The molecular formula is C11H10ClF3N2O2. The van der Waals surface area contributed by atoms with Gasteiger partial charge < -0.3 is 10.6 Å². The highest BCUT2D eigenvalue weighted by molar-refractivity contribution is 6.30. The van der Waals surface area contributed by atoms with E-state index in [1.165, 1.54) is 12.1 Å². The second-order valence-electron chi connectivity index (χ2n) is 3.52. The zero-order chi connectivity index (χ0) is 14.5. The molecule has 2 amide bonds. The monoisotopic (exact) mass is 294 g/mol. The van der Waals surface area contributed by atoms with Crippen LogP contribution >= 0.6 is 11.6 Å². The Kier molecular flexibility index (Phi) is 5.17. The first-order chi connectivity index (χ1) is 8.80. The largest absolute Gasteiger partial charge is 0.471 e. The minimum Gasteiger partial charge on any atom is -0.350 e. The number of rotatable bonds is 4. The van der Waals surface area contributed by atoms with E-state index in [2.05, 4.69) is 5.32 Å². The molecule has 0 unspecified atom stereocenters. The van der Waals surface area contributed by atoms with Crippen LogP contribution < -0.4 is 10.6 Å². The molecule has 0 radical (unpaired) electrons. The summed E-state index contributed by atoms with van der Waals surface area (Å²) in [4.78, 5) is 22.0. The van der Waals surface area contributed by atoms with E-state index in [0.717, 1.165) is 0 Å². The summed E-state index contributed by atoms with van der Waals surface area (Å²) in [5, 5.41) is 4.36. The Hall–Kier alpha value is -1.76. The standard InChI is InChI=1S/C11H10ClF3N2O2/c12-8-3-1-2-7(6-8)9(18)16-4-5-17-10(19)11(13,14)15/h1-3,6H,4-5H2,(H,16,18)(H,17,19). The maximum atomic E-state index is 11.8. The summed E-state index contributed by atoms with van der Waals surface area (Å²) in [6.45, 7) is -0.433. The number of carbonyl (C=O) groups is 2. The summed E-state index contributed by atoms with van der Waals surface area (Å²) < 4.78 is 35.5. The highest BCUT2D eigenvalue weighted by Crippen LogP contribution is 2.13. The van der Waals surface area contributed by atoms with Gasteiger partial charge in [0.1, 0.15) is 0 Å². The molecule has 1 rings (SSSR count). The number of hydrogen-bond acceptors (Lipinski definition) is 2. The van der Waals surface area contributed by atoms with Gasteiger partial charge >= 0.3 is 12.1 Å². The highest BCUT2D eigenvalue weighted by atomic mass is 35.5. The fourth-order valence-electron chi connectivity index (χ4n) is 1.18. The lowest BCUT2D eigenvalue weighted by Gasteiger charge is -2.08. The molecule has 2 N–H and O–H groups in total. The average molecular weight is 295 g/mol. The number of halogens is 4. The van der Waals surface area contributed by atoms with Crippen molar-refractivity contribution in [1.29, 1.82) is 0 Å². The van der Waals surface area contributed by atoms with Crippen molar-refractivity contribution < 1.29 is 22.8 Å². The van der Waals surface area contributed by atoms with Crippen molar-refractivity contribution in [2.45, 2.75) is 6.18 Å². The lowest BCUT2D eigenvalue weighted by atomic mass is 10.2. The number of nitrogens with one attached hydrogen (secondary N) is 2. The maximum absolute atomic E-state index is 11.8. The number of carbonyl (C=O) groups excluding carboxylic acids is 2. The molecule has 0 atom stereocenters. The van der Waals surface area contributed by atoms with E-state index < -0.39 is 18.0 Å². The molecule has 104 valence electrons. The molecule has 1 aromatic carbocycles. The molecule has 0 aromatic heterocycles. The fourth-order valence-corrected chi connectivity index (χ4v) is 1.37. The Bertz CT molecular complexity index is 477. The van der Waals surface area contributed by atoms with Crippen molar-refractivity contribution in [1.82, 2.24) is 10.6 Å². The summed E-state index contributed by atoms with van der Waals surface area (Å²) in [6, 6.07) is 6.09. The van der Waals surface area contributed by atoms with Crippen LogP contribution in [0.2, 0.25) is 5.02 Å². The molecule has 0 fully saturated rings. The van der Waals surface area contributed by atoms with Gasteiger partial charge in [0.05, 0.1) is 0 Å². The highest BCUT2D eigenvalue weighted by Gasteiger charge is 2.38. The summed E-state index contributed by atoms with van der Waals surface area (Å²) in [5.41, 5.74) is 0.287. The number of benzene rings is 1. The Balaban J connectivity index is 2.34. The first-order valence-corrected chi connectivity index (χ1v) is 5.57. The van der Waals surface area contributed by atoms with Gasteiger partial charge in [-0.1, -0.05) is 17.7 Å². The van der Waals surface area contributed by atoms with Crippen LogP contribution in [0, 0.1) is 0 Å². The van der Waals surface area contributed by atoms with Crippen molar-refractivity contribution in [2.75, 3.05) is 13.1 Å². The van der Waals surface area contributed by atoms with Crippen molar-refractivity contribution in [3.8, 4) is 0 Å². The van der Waals surface area contributed by atoms with Gasteiger partial charge in [-0.05, 0) is 18.2 Å². The van der Waals surface area contributed by atoms with Gasteiger partial charge in [-0.2, -0.15) is 13.2 Å². The SMILES string of the molecule is O=C(NCCNC(=O)C(F)(F)F)c1cccc(Cl)c1. The molecule has 0 aliphatic carbocycles. The summed E-state index contributed by atoms with van der Waals surface area (Å²) in [7, 11) is 0. The van der Waals surface area contributed by atoms with Gasteiger partial charge in [0.25, 0.3) is 5.91 Å². The third-order valence-electron chi connectivity index (χ3n) is 2.04. The van der Waals surface area contributed by atoms with Crippen LogP contribution in [-0.4, -0.2) is 31.1 Å². The van der Waals surface area contributed by atoms with Crippen LogP contribution in [0.15, 0.2) is 24.3 Å². The van der Waals surface area contributed by atoms with E-state index in [-0.39, 0.29) is 18.7 Å². The third kappa shape index (κ3) is 5.17. The van der Waals surface area contributed by atoms with Crippen LogP contribution in [0.3, 0.4) is 0 Å². The Morgan fingerprint density at radius 1 is 1.16 bits per heavy atom. The lowest BCUT2D eigenvalue weighted by Crippen LogP contribution is -2.41. The number of hydrogen-bond donors (Lipinski definition) is 2. The molecule has 0 saturated carbocycles. The van der Waals surface area contributed by atoms with E-state index in [1.54, 1.807) is 17.4 Å². The quantitative estimate of drug-likeness (QED) is 0.831. The predicted octanol–water partition coefficient (Wildman–Crippen LogP) is 1.75. The van der Waals surface area contributed by atoms with Crippen molar-refractivity contribution in [3.63, 3.8) is 0 Å². The van der Waals surface area contributed by atoms with Gasteiger partial charge in [0, 0.05) is 23.7 Å². The van der Waals surface area contributed by atoms with E-state index in [9.17, 15) is 22.8 Å². The van der Waals surface area contributed by atoms with Crippen LogP contribution in [0.25, 0.3) is 0 Å². The molecular weight excluding hydrogens is 285 g/mol. The molecule has 19 heavy (non-hydrogen) atoms. The van der Waals surface area contributed by atoms with E-state index in [0.29, 0.717) is 5.02 Å². The van der Waals surface area contributed by atoms with Crippen LogP contribution in [0.5, 0.6) is 0 Å². The topological polar surface area (TPSA) is 58.2 Å². The second kappa shape index (κ2) is 6.42. The van der Waals surface area contributed by atoms with E-state index in [4.69, 9.17) is 11.6 Å².